The van der Waals surface area contributed by atoms with Crippen LogP contribution in [0.4, 0.5) is 18.9 Å². The summed E-state index contributed by atoms with van der Waals surface area (Å²) in [5, 5.41) is 3.32. The number of allylic oxidation sites excluding steroid dienone is 1. The maximum absolute atomic E-state index is 14.0. The van der Waals surface area contributed by atoms with Crippen LogP contribution < -0.4 is 10.2 Å². The van der Waals surface area contributed by atoms with Gasteiger partial charge in [0.15, 0.2) is 6.29 Å². The lowest BCUT2D eigenvalue weighted by Crippen LogP contribution is -2.53. The van der Waals surface area contributed by atoms with E-state index in [1.54, 1.807) is 24.3 Å². The highest BCUT2D eigenvalue weighted by atomic mass is 79.9. The van der Waals surface area contributed by atoms with Gasteiger partial charge in [-0.05, 0) is 40.9 Å². The van der Waals surface area contributed by atoms with Crippen molar-refractivity contribution in [2.45, 2.75) is 31.3 Å². The number of hydrogen-bond acceptors (Lipinski definition) is 6. The molecule has 1 unspecified atom stereocenters. The second-order valence-electron chi connectivity index (χ2n) is 7.81. The van der Waals surface area contributed by atoms with E-state index in [4.69, 9.17) is 0 Å². The van der Waals surface area contributed by atoms with Crippen LogP contribution in [0.1, 0.15) is 18.5 Å². The third kappa shape index (κ3) is 5.31. The highest BCUT2D eigenvalue weighted by Gasteiger charge is 2.42. The van der Waals surface area contributed by atoms with Gasteiger partial charge in [-0.25, -0.2) is 22.7 Å². The van der Waals surface area contributed by atoms with Gasteiger partial charge in [-0.3, -0.25) is 5.32 Å². The van der Waals surface area contributed by atoms with Crippen LogP contribution in [0.5, 0.6) is 0 Å². The molecule has 2 aromatic rings. The van der Waals surface area contributed by atoms with Gasteiger partial charge in [0, 0.05) is 36.0 Å². The van der Waals surface area contributed by atoms with Gasteiger partial charge in [0.1, 0.15) is 11.4 Å². The Morgan fingerprint density at radius 1 is 1.21 bits per heavy atom. The molecular weight excluding hydrogens is 525 g/mol. The summed E-state index contributed by atoms with van der Waals surface area (Å²) in [5.74, 6) is 0. The molecule has 1 aromatic carbocycles. The zero-order valence-electron chi connectivity index (χ0n) is 17.6. The first-order valence-corrected chi connectivity index (χ1v) is 12.8. The fraction of sp³-hybridized carbons (Fsp3) is 0.400. The number of anilines is 1. The Bertz CT molecular complexity index is 1160. The number of nitrogens with one attached hydrogen (secondary N) is 2. The minimum Gasteiger partial charge on any atom is -0.351 e. The van der Waals surface area contributed by atoms with Crippen LogP contribution in [0.3, 0.4) is 0 Å². The van der Waals surface area contributed by atoms with Crippen LogP contribution >= 0.6 is 15.9 Å². The van der Waals surface area contributed by atoms with E-state index in [2.05, 4.69) is 36.2 Å². The predicted molar refractivity (Wildman–Crippen MR) is 122 cm³/mol. The summed E-state index contributed by atoms with van der Waals surface area (Å²) in [4.78, 5) is 12.5. The molecule has 1 aromatic heterocycles. The van der Waals surface area contributed by atoms with Crippen LogP contribution in [-0.2, 0) is 10.0 Å². The SMILES string of the molecule is CS(=O)(=O)N1CCC(NC2N=C(c3c[nH]cn3)C(C(F)(F)F)=CN2c2ccccc2Br)CC1. The number of H-pyrrole nitrogens is 1. The number of imidazole rings is 1. The summed E-state index contributed by atoms with van der Waals surface area (Å²) < 4.78 is 67.6. The number of sulfonamides is 1. The normalized spacial score (nSPS) is 21.1. The van der Waals surface area contributed by atoms with Crippen molar-refractivity contribution >= 4 is 37.4 Å². The molecule has 4 rings (SSSR count). The first-order chi connectivity index (χ1) is 15.5. The third-order valence-corrected chi connectivity index (χ3v) is 7.50. The third-order valence-electron chi connectivity index (χ3n) is 5.52. The van der Waals surface area contributed by atoms with Crippen molar-refractivity contribution in [3.05, 3.63) is 58.7 Å². The first-order valence-electron chi connectivity index (χ1n) is 10.1. The van der Waals surface area contributed by atoms with Crippen molar-refractivity contribution in [3.63, 3.8) is 0 Å². The number of aliphatic imine (C=N–C) groups is 1. The van der Waals surface area contributed by atoms with Crippen LogP contribution in [0.25, 0.3) is 0 Å². The number of halogens is 4. The van der Waals surface area contributed by atoms with E-state index in [0.29, 0.717) is 36.1 Å². The zero-order valence-corrected chi connectivity index (χ0v) is 20.0. The van der Waals surface area contributed by atoms with Crippen molar-refractivity contribution < 1.29 is 21.6 Å². The number of rotatable bonds is 5. The van der Waals surface area contributed by atoms with E-state index < -0.39 is 28.1 Å². The molecule has 2 aliphatic heterocycles. The van der Waals surface area contributed by atoms with E-state index in [1.807, 2.05) is 0 Å². The van der Waals surface area contributed by atoms with Crippen LogP contribution in [0.2, 0.25) is 0 Å². The molecule has 1 atom stereocenters. The molecule has 33 heavy (non-hydrogen) atoms. The molecule has 178 valence electrons. The number of para-hydroxylation sites is 1. The summed E-state index contributed by atoms with van der Waals surface area (Å²) >= 11 is 3.42. The fourth-order valence-electron chi connectivity index (χ4n) is 3.87. The number of aromatic nitrogens is 2. The molecule has 8 nitrogen and oxygen atoms in total. The summed E-state index contributed by atoms with van der Waals surface area (Å²) in [5.41, 5.74) is -0.576. The Kier molecular flexibility index (Phi) is 6.67. The molecule has 0 amide bonds. The minimum absolute atomic E-state index is 0.0871. The average Bonchev–Trinajstić information content (AvgIpc) is 3.28. The summed E-state index contributed by atoms with van der Waals surface area (Å²) in [6, 6.07) is 6.81. The highest BCUT2D eigenvalue weighted by Crippen LogP contribution is 2.36. The Hall–Kier alpha value is -2.22. The van der Waals surface area contributed by atoms with Gasteiger partial charge in [-0.15, -0.1) is 0 Å². The van der Waals surface area contributed by atoms with Gasteiger partial charge in [-0.1, -0.05) is 12.1 Å². The van der Waals surface area contributed by atoms with Crippen LogP contribution in [-0.4, -0.2) is 66.3 Å². The second-order valence-corrected chi connectivity index (χ2v) is 10.6. The van der Waals surface area contributed by atoms with Gasteiger partial charge in [0.25, 0.3) is 0 Å². The Balaban J connectivity index is 1.69. The number of aromatic amines is 1. The molecule has 2 N–H and O–H groups in total. The van der Waals surface area contributed by atoms with Crippen LogP contribution in [0, 0.1) is 0 Å². The molecule has 0 radical (unpaired) electrons. The first kappa shape index (κ1) is 23.9. The maximum Gasteiger partial charge on any atom is 0.419 e. The lowest BCUT2D eigenvalue weighted by Gasteiger charge is -2.38. The molecule has 2 aliphatic rings. The van der Waals surface area contributed by atoms with Gasteiger partial charge >= 0.3 is 6.18 Å². The summed E-state index contributed by atoms with van der Waals surface area (Å²) in [7, 11) is -3.29. The van der Waals surface area contributed by atoms with Crippen molar-refractivity contribution in [3.8, 4) is 0 Å². The van der Waals surface area contributed by atoms with Crippen molar-refractivity contribution in [1.29, 1.82) is 0 Å². The van der Waals surface area contributed by atoms with Crippen LogP contribution in [0.15, 0.2) is 58.0 Å². The fourth-order valence-corrected chi connectivity index (χ4v) is 5.23. The molecule has 3 heterocycles. The average molecular weight is 547 g/mol. The molecule has 0 bridgehead atoms. The standard InChI is InChI=1S/C20H22BrF3N6O2S/c1-33(31,32)29-8-6-13(7-9-29)27-19-28-18(16-10-25-12-26-16)14(20(22,23)24)11-30(19)17-5-3-2-4-15(17)21/h2-5,10-13,19,27H,6-9H2,1H3,(H,25,26). The van der Waals surface area contributed by atoms with E-state index in [1.165, 1.54) is 28.0 Å². The number of piperidine rings is 1. The lowest BCUT2D eigenvalue weighted by atomic mass is 10.0. The molecule has 13 heteroatoms. The molecule has 0 spiro atoms. The monoisotopic (exact) mass is 546 g/mol. The second kappa shape index (κ2) is 9.20. The minimum atomic E-state index is -4.65. The molecule has 0 saturated carbocycles. The predicted octanol–water partition coefficient (Wildman–Crippen LogP) is 3.22. The number of benzene rings is 1. The van der Waals surface area contributed by atoms with Crippen molar-refractivity contribution in [2.24, 2.45) is 4.99 Å². The van der Waals surface area contributed by atoms with Crippen molar-refractivity contribution in [2.75, 3.05) is 24.2 Å². The van der Waals surface area contributed by atoms with Gasteiger partial charge in [-0.2, -0.15) is 13.2 Å². The molecule has 0 aliphatic carbocycles. The van der Waals surface area contributed by atoms with E-state index in [0.717, 1.165) is 6.20 Å². The van der Waals surface area contributed by atoms with E-state index in [9.17, 15) is 21.6 Å². The number of hydrogen-bond donors (Lipinski definition) is 2. The topological polar surface area (TPSA) is 93.7 Å². The van der Waals surface area contributed by atoms with E-state index >= 15 is 0 Å². The molecule has 1 saturated heterocycles. The smallest absolute Gasteiger partial charge is 0.351 e. The molecule has 1 fully saturated rings. The lowest BCUT2D eigenvalue weighted by molar-refractivity contribution is -0.0865. The summed E-state index contributed by atoms with van der Waals surface area (Å²) in [6.07, 6.45) is 0.400. The van der Waals surface area contributed by atoms with Crippen molar-refractivity contribution in [1.82, 2.24) is 19.6 Å². The number of alkyl halides is 3. The Labute approximate surface area is 197 Å². The van der Waals surface area contributed by atoms with Gasteiger partial charge in [0.05, 0.1) is 23.8 Å². The molecular formula is C20H22BrF3N6O2S. The number of nitrogens with zero attached hydrogens (tertiary/aromatic N) is 4. The zero-order chi connectivity index (χ0) is 23.8. The van der Waals surface area contributed by atoms with E-state index in [-0.39, 0.29) is 17.4 Å². The maximum atomic E-state index is 14.0. The largest absolute Gasteiger partial charge is 0.419 e. The summed E-state index contributed by atoms with van der Waals surface area (Å²) in [6.45, 7) is 0.662. The van der Waals surface area contributed by atoms with Gasteiger partial charge in [0.2, 0.25) is 10.0 Å². The van der Waals surface area contributed by atoms with Gasteiger partial charge < -0.3 is 9.88 Å². The quantitative estimate of drug-likeness (QED) is 0.600. The highest BCUT2D eigenvalue weighted by molar-refractivity contribution is 9.10. The Morgan fingerprint density at radius 3 is 2.48 bits per heavy atom. The Morgan fingerprint density at radius 2 is 1.91 bits per heavy atom.